The summed E-state index contributed by atoms with van der Waals surface area (Å²) < 4.78 is 0. The molecule has 3 N–H and O–H groups in total. The minimum Gasteiger partial charge on any atom is -0.382 e. The van der Waals surface area contributed by atoms with E-state index in [9.17, 15) is 0 Å². The predicted octanol–water partition coefficient (Wildman–Crippen LogP) is 1.94. The maximum atomic E-state index is 5.66. The van der Waals surface area contributed by atoms with Gasteiger partial charge in [0.2, 0.25) is 0 Å². The first-order chi connectivity index (χ1) is 6.09. The molecule has 0 saturated heterocycles. The van der Waals surface area contributed by atoms with E-state index in [0.29, 0.717) is 6.54 Å². The Bertz CT molecular complexity index is 236. The molecule has 0 spiro atoms. The molecule has 0 atom stereocenters. The summed E-state index contributed by atoms with van der Waals surface area (Å²) in [7, 11) is 0. The van der Waals surface area contributed by atoms with Gasteiger partial charge in [-0.3, -0.25) is 0 Å². The summed E-state index contributed by atoms with van der Waals surface area (Å²) in [6, 6.07) is 0. The third-order valence-electron chi connectivity index (χ3n) is 2.31. The molecule has 2 heteroatoms. The molecule has 0 amide bonds. The fraction of sp³-hybridized carbons (Fsp3) is 0.636. The topological polar surface area (TPSA) is 38.0 Å². The van der Waals surface area contributed by atoms with Crippen LogP contribution in [0.2, 0.25) is 0 Å². The molecule has 0 fully saturated rings. The van der Waals surface area contributed by atoms with E-state index in [1.807, 2.05) is 0 Å². The molecule has 1 heterocycles. The van der Waals surface area contributed by atoms with Crippen molar-refractivity contribution in [2.45, 2.75) is 39.2 Å². The van der Waals surface area contributed by atoms with Gasteiger partial charge in [-0.15, -0.1) is 0 Å². The summed E-state index contributed by atoms with van der Waals surface area (Å²) in [5, 5.41) is 3.33. The molecule has 0 unspecified atom stereocenters. The fourth-order valence-electron chi connectivity index (χ4n) is 1.63. The Kier molecular flexibility index (Phi) is 3.15. The number of hydrogen-bond donors (Lipinski definition) is 2. The Morgan fingerprint density at radius 3 is 2.62 bits per heavy atom. The third-order valence-corrected chi connectivity index (χ3v) is 2.31. The van der Waals surface area contributed by atoms with E-state index in [1.165, 1.54) is 17.6 Å². The maximum absolute atomic E-state index is 5.66. The fourth-order valence-corrected chi connectivity index (χ4v) is 1.63. The van der Waals surface area contributed by atoms with Gasteiger partial charge in [-0.25, -0.2) is 0 Å². The molecule has 0 aliphatic carbocycles. The van der Waals surface area contributed by atoms with E-state index in [0.717, 1.165) is 6.42 Å². The number of hydrogen-bond acceptors (Lipinski definition) is 2. The highest BCUT2D eigenvalue weighted by atomic mass is 14.9. The first-order valence-corrected chi connectivity index (χ1v) is 4.98. The second-order valence-electron chi connectivity index (χ2n) is 4.16. The second kappa shape index (κ2) is 3.97. The van der Waals surface area contributed by atoms with Crippen molar-refractivity contribution in [2.75, 3.05) is 6.54 Å². The highest BCUT2D eigenvalue weighted by molar-refractivity contribution is 5.37. The molecule has 1 rings (SSSR count). The molecule has 1 aliphatic heterocycles. The van der Waals surface area contributed by atoms with E-state index in [1.54, 1.807) is 0 Å². The SMILES string of the molecule is CCCC1=CC(C)(C)NC=C1CN. The first kappa shape index (κ1) is 10.3. The molecule has 0 aromatic heterocycles. The van der Waals surface area contributed by atoms with Crippen LogP contribution in [0.25, 0.3) is 0 Å². The number of nitrogens with two attached hydrogens (primary N) is 1. The highest BCUT2D eigenvalue weighted by Crippen LogP contribution is 2.23. The summed E-state index contributed by atoms with van der Waals surface area (Å²) in [6.07, 6.45) is 6.66. The average Bonchev–Trinajstić information content (AvgIpc) is 2.04. The normalized spacial score (nSPS) is 20.3. The van der Waals surface area contributed by atoms with E-state index in [-0.39, 0.29) is 5.54 Å². The Morgan fingerprint density at radius 2 is 2.08 bits per heavy atom. The number of rotatable bonds is 3. The molecule has 0 radical (unpaired) electrons. The van der Waals surface area contributed by atoms with Gasteiger partial charge in [0, 0.05) is 18.3 Å². The highest BCUT2D eigenvalue weighted by Gasteiger charge is 2.19. The van der Waals surface area contributed by atoms with Crippen LogP contribution < -0.4 is 11.1 Å². The molecule has 13 heavy (non-hydrogen) atoms. The molecule has 2 nitrogen and oxygen atoms in total. The van der Waals surface area contributed by atoms with Crippen molar-refractivity contribution in [3.8, 4) is 0 Å². The summed E-state index contributed by atoms with van der Waals surface area (Å²) in [6.45, 7) is 7.18. The van der Waals surface area contributed by atoms with Gasteiger partial charge in [0.1, 0.15) is 0 Å². The zero-order chi connectivity index (χ0) is 9.90. The largest absolute Gasteiger partial charge is 0.382 e. The minimum absolute atomic E-state index is 0.0865. The Balaban J connectivity index is 2.82. The summed E-state index contributed by atoms with van der Waals surface area (Å²) in [5.74, 6) is 0. The van der Waals surface area contributed by atoms with Gasteiger partial charge in [0.05, 0.1) is 0 Å². The average molecular weight is 180 g/mol. The second-order valence-corrected chi connectivity index (χ2v) is 4.16. The van der Waals surface area contributed by atoms with Crippen LogP contribution >= 0.6 is 0 Å². The lowest BCUT2D eigenvalue weighted by molar-refractivity contribution is 0.534. The smallest absolute Gasteiger partial charge is 0.0500 e. The third kappa shape index (κ3) is 2.59. The van der Waals surface area contributed by atoms with E-state index >= 15 is 0 Å². The molecule has 0 bridgehead atoms. The Hall–Kier alpha value is -0.760. The number of nitrogens with one attached hydrogen (secondary N) is 1. The van der Waals surface area contributed by atoms with Crippen molar-refractivity contribution in [2.24, 2.45) is 5.73 Å². The van der Waals surface area contributed by atoms with Crippen molar-refractivity contribution in [1.82, 2.24) is 5.32 Å². The van der Waals surface area contributed by atoms with Crippen molar-refractivity contribution in [3.05, 3.63) is 23.4 Å². The Labute approximate surface area is 80.9 Å². The molecule has 0 saturated carbocycles. The van der Waals surface area contributed by atoms with Crippen LogP contribution in [0.4, 0.5) is 0 Å². The molecule has 0 aromatic carbocycles. The molecule has 0 aromatic rings. The molecule has 74 valence electrons. The lowest BCUT2D eigenvalue weighted by Crippen LogP contribution is -2.37. The van der Waals surface area contributed by atoms with Gasteiger partial charge in [0.15, 0.2) is 0 Å². The summed E-state index contributed by atoms with van der Waals surface area (Å²) in [4.78, 5) is 0. The predicted molar refractivity (Wildman–Crippen MR) is 57.3 cm³/mol. The van der Waals surface area contributed by atoms with Gasteiger partial charge in [-0.2, -0.15) is 0 Å². The quantitative estimate of drug-likeness (QED) is 0.696. The van der Waals surface area contributed by atoms with Gasteiger partial charge in [-0.1, -0.05) is 19.4 Å². The van der Waals surface area contributed by atoms with Crippen molar-refractivity contribution in [3.63, 3.8) is 0 Å². The minimum atomic E-state index is 0.0865. The van der Waals surface area contributed by atoms with E-state index < -0.39 is 0 Å². The summed E-state index contributed by atoms with van der Waals surface area (Å²) >= 11 is 0. The molecule has 1 aliphatic rings. The van der Waals surface area contributed by atoms with Crippen molar-refractivity contribution >= 4 is 0 Å². The van der Waals surface area contributed by atoms with Crippen LogP contribution in [-0.2, 0) is 0 Å². The van der Waals surface area contributed by atoms with Gasteiger partial charge >= 0.3 is 0 Å². The number of dihydropyridines is 1. The van der Waals surface area contributed by atoms with Crippen molar-refractivity contribution in [1.29, 1.82) is 0 Å². The standard InChI is InChI=1S/C11H20N2/c1-4-5-9-6-11(2,3)13-8-10(9)7-12/h6,8,13H,4-5,7,12H2,1-3H3. The van der Waals surface area contributed by atoms with Crippen LogP contribution in [0, 0.1) is 0 Å². The summed E-state index contributed by atoms with van der Waals surface area (Å²) in [5.41, 5.74) is 8.41. The lowest BCUT2D eigenvalue weighted by Gasteiger charge is -2.29. The zero-order valence-corrected chi connectivity index (χ0v) is 8.85. The lowest BCUT2D eigenvalue weighted by atomic mass is 9.91. The van der Waals surface area contributed by atoms with E-state index in [4.69, 9.17) is 5.73 Å². The Morgan fingerprint density at radius 1 is 1.38 bits per heavy atom. The molecular weight excluding hydrogens is 160 g/mol. The zero-order valence-electron chi connectivity index (χ0n) is 8.85. The van der Waals surface area contributed by atoms with Crippen LogP contribution in [0.5, 0.6) is 0 Å². The van der Waals surface area contributed by atoms with Crippen LogP contribution in [0.1, 0.15) is 33.6 Å². The molecular formula is C11H20N2. The van der Waals surface area contributed by atoms with Crippen LogP contribution in [0.15, 0.2) is 23.4 Å². The van der Waals surface area contributed by atoms with Crippen molar-refractivity contribution < 1.29 is 0 Å². The first-order valence-electron chi connectivity index (χ1n) is 4.98. The van der Waals surface area contributed by atoms with E-state index in [2.05, 4.69) is 38.4 Å². The van der Waals surface area contributed by atoms with Gasteiger partial charge < -0.3 is 11.1 Å². The monoisotopic (exact) mass is 180 g/mol. The van der Waals surface area contributed by atoms with Crippen LogP contribution in [-0.4, -0.2) is 12.1 Å². The van der Waals surface area contributed by atoms with Gasteiger partial charge in [0.25, 0.3) is 0 Å². The van der Waals surface area contributed by atoms with Gasteiger partial charge in [-0.05, 0) is 31.4 Å². The maximum Gasteiger partial charge on any atom is 0.0500 e. The van der Waals surface area contributed by atoms with Crippen LogP contribution in [0.3, 0.4) is 0 Å².